The van der Waals surface area contributed by atoms with Gasteiger partial charge in [0.15, 0.2) is 0 Å². The maximum absolute atomic E-state index is 11.6. The molecule has 21 heavy (non-hydrogen) atoms. The number of hydrogen-bond acceptors (Lipinski definition) is 5. The normalized spacial score (nSPS) is 20.5. The summed E-state index contributed by atoms with van der Waals surface area (Å²) in [5.41, 5.74) is 1.36. The molecule has 1 N–H and O–H groups in total. The SMILES string of the molecule is COC(=O)C1CCCN(CC(O)c2ccc(C#N)cc2)C1. The molecule has 112 valence electrons. The van der Waals surface area contributed by atoms with E-state index in [2.05, 4.69) is 11.0 Å². The predicted molar refractivity (Wildman–Crippen MR) is 77.3 cm³/mol. The molecule has 0 bridgehead atoms. The van der Waals surface area contributed by atoms with Crippen molar-refractivity contribution < 1.29 is 14.6 Å². The summed E-state index contributed by atoms with van der Waals surface area (Å²) in [6.07, 6.45) is 1.16. The molecular weight excluding hydrogens is 268 g/mol. The van der Waals surface area contributed by atoms with Crippen LogP contribution in [0.4, 0.5) is 0 Å². The molecule has 1 aromatic carbocycles. The maximum atomic E-state index is 11.6. The number of benzene rings is 1. The average molecular weight is 288 g/mol. The number of likely N-dealkylation sites (tertiary alicyclic amines) is 1. The highest BCUT2D eigenvalue weighted by Crippen LogP contribution is 2.21. The largest absolute Gasteiger partial charge is 0.469 e. The van der Waals surface area contributed by atoms with Crippen LogP contribution in [-0.2, 0) is 9.53 Å². The molecule has 1 fully saturated rings. The van der Waals surface area contributed by atoms with Crippen LogP contribution in [-0.4, -0.2) is 42.7 Å². The Morgan fingerprint density at radius 1 is 1.52 bits per heavy atom. The predicted octanol–water partition coefficient (Wildman–Crippen LogP) is 1.48. The number of nitrogens with zero attached hydrogens (tertiary/aromatic N) is 2. The van der Waals surface area contributed by atoms with Crippen molar-refractivity contribution in [2.75, 3.05) is 26.7 Å². The van der Waals surface area contributed by atoms with Gasteiger partial charge in [-0.25, -0.2) is 0 Å². The molecule has 1 saturated heterocycles. The summed E-state index contributed by atoms with van der Waals surface area (Å²) in [7, 11) is 1.41. The number of rotatable bonds is 4. The van der Waals surface area contributed by atoms with Gasteiger partial charge in [0.1, 0.15) is 0 Å². The van der Waals surface area contributed by atoms with E-state index in [0.717, 1.165) is 24.9 Å². The maximum Gasteiger partial charge on any atom is 0.309 e. The first-order chi connectivity index (χ1) is 10.1. The van der Waals surface area contributed by atoms with Crippen molar-refractivity contribution in [1.82, 2.24) is 4.90 Å². The second-order valence-electron chi connectivity index (χ2n) is 5.37. The molecule has 0 amide bonds. The van der Waals surface area contributed by atoms with Gasteiger partial charge in [0, 0.05) is 13.1 Å². The number of β-amino-alcohol motifs (C(OH)–C–C–N with tert-alkyl or cyclic N) is 1. The molecule has 2 rings (SSSR count). The molecule has 0 saturated carbocycles. The third-order valence-corrected chi connectivity index (χ3v) is 3.90. The summed E-state index contributed by atoms with van der Waals surface area (Å²) in [6.45, 7) is 1.99. The van der Waals surface area contributed by atoms with Crippen molar-refractivity contribution in [2.24, 2.45) is 5.92 Å². The smallest absolute Gasteiger partial charge is 0.309 e. The van der Waals surface area contributed by atoms with Crippen LogP contribution in [0.25, 0.3) is 0 Å². The summed E-state index contributed by atoms with van der Waals surface area (Å²) >= 11 is 0. The van der Waals surface area contributed by atoms with Crippen LogP contribution in [0.2, 0.25) is 0 Å². The van der Waals surface area contributed by atoms with Crippen LogP contribution >= 0.6 is 0 Å². The zero-order chi connectivity index (χ0) is 15.2. The van der Waals surface area contributed by atoms with Gasteiger partial charge in [-0.1, -0.05) is 12.1 Å². The molecule has 5 heteroatoms. The molecule has 2 atom stereocenters. The standard InChI is InChI=1S/C16H20N2O3/c1-21-16(20)14-3-2-8-18(10-14)11-15(19)13-6-4-12(9-17)5-7-13/h4-7,14-15,19H,2-3,8,10-11H2,1H3. The van der Waals surface area contributed by atoms with Crippen LogP contribution in [0.1, 0.15) is 30.1 Å². The highest BCUT2D eigenvalue weighted by Gasteiger charge is 2.27. The van der Waals surface area contributed by atoms with Crippen molar-refractivity contribution in [3.8, 4) is 6.07 Å². The topological polar surface area (TPSA) is 73.6 Å². The Bertz CT molecular complexity index is 521. The van der Waals surface area contributed by atoms with Crippen LogP contribution in [0.3, 0.4) is 0 Å². The zero-order valence-electron chi connectivity index (χ0n) is 12.2. The fraction of sp³-hybridized carbons (Fsp3) is 0.500. The Labute approximate surface area is 124 Å². The zero-order valence-corrected chi connectivity index (χ0v) is 12.2. The number of aliphatic hydroxyl groups excluding tert-OH is 1. The number of methoxy groups -OCH3 is 1. The minimum absolute atomic E-state index is 0.100. The molecule has 1 aliphatic heterocycles. The Morgan fingerprint density at radius 2 is 2.24 bits per heavy atom. The third-order valence-electron chi connectivity index (χ3n) is 3.90. The van der Waals surface area contributed by atoms with E-state index in [1.807, 2.05) is 0 Å². The summed E-state index contributed by atoms with van der Waals surface area (Å²) in [5, 5.41) is 19.0. The lowest BCUT2D eigenvalue weighted by molar-refractivity contribution is -0.147. The lowest BCUT2D eigenvalue weighted by atomic mass is 9.97. The van der Waals surface area contributed by atoms with Gasteiger partial charge in [-0.3, -0.25) is 9.69 Å². The summed E-state index contributed by atoms with van der Waals surface area (Å²) in [5.74, 6) is -0.274. The van der Waals surface area contributed by atoms with Gasteiger partial charge in [-0.05, 0) is 37.1 Å². The van der Waals surface area contributed by atoms with E-state index in [4.69, 9.17) is 10.00 Å². The van der Waals surface area contributed by atoms with Gasteiger partial charge < -0.3 is 9.84 Å². The average Bonchev–Trinajstić information content (AvgIpc) is 2.54. The highest BCUT2D eigenvalue weighted by atomic mass is 16.5. The molecule has 0 spiro atoms. The number of ether oxygens (including phenoxy) is 1. The number of carbonyl (C=O) groups is 1. The van der Waals surface area contributed by atoms with Gasteiger partial charge in [0.05, 0.1) is 30.8 Å². The fourth-order valence-corrected chi connectivity index (χ4v) is 2.71. The second-order valence-corrected chi connectivity index (χ2v) is 5.37. The molecule has 1 aliphatic rings. The summed E-state index contributed by atoms with van der Waals surface area (Å²) < 4.78 is 4.79. The van der Waals surface area contributed by atoms with Crippen molar-refractivity contribution in [3.05, 3.63) is 35.4 Å². The fourth-order valence-electron chi connectivity index (χ4n) is 2.71. The molecule has 0 aliphatic carbocycles. The molecule has 0 radical (unpaired) electrons. The second kappa shape index (κ2) is 7.21. The lowest BCUT2D eigenvalue weighted by Crippen LogP contribution is -2.41. The number of hydrogen-bond donors (Lipinski definition) is 1. The Kier molecular flexibility index (Phi) is 5.32. The first-order valence-corrected chi connectivity index (χ1v) is 7.12. The van der Waals surface area contributed by atoms with E-state index in [0.29, 0.717) is 18.7 Å². The van der Waals surface area contributed by atoms with Crippen LogP contribution < -0.4 is 0 Å². The molecular formula is C16H20N2O3. The molecule has 0 aromatic heterocycles. The quantitative estimate of drug-likeness (QED) is 0.849. The van der Waals surface area contributed by atoms with Crippen molar-refractivity contribution >= 4 is 5.97 Å². The van der Waals surface area contributed by atoms with Gasteiger partial charge in [-0.2, -0.15) is 5.26 Å². The summed E-state index contributed by atoms with van der Waals surface area (Å²) in [4.78, 5) is 13.7. The number of piperidine rings is 1. The van der Waals surface area contributed by atoms with E-state index < -0.39 is 6.10 Å². The van der Waals surface area contributed by atoms with E-state index in [-0.39, 0.29) is 11.9 Å². The van der Waals surface area contributed by atoms with Gasteiger partial charge >= 0.3 is 5.97 Å². The van der Waals surface area contributed by atoms with E-state index in [1.165, 1.54) is 7.11 Å². The van der Waals surface area contributed by atoms with E-state index in [1.54, 1.807) is 24.3 Å². The number of aliphatic hydroxyl groups is 1. The van der Waals surface area contributed by atoms with Gasteiger partial charge in [0.2, 0.25) is 0 Å². The van der Waals surface area contributed by atoms with Crippen LogP contribution in [0, 0.1) is 17.2 Å². The number of carbonyl (C=O) groups excluding carboxylic acids is 1. The summed E-state index contributed by atoms with van der Waals surface area (Å²) in [6, 6.07) is 8.99. The van der Waals surface area contributed by atoms with Crippen LogP contribution in [0.15, 0.2) is 24.3 Å². The molecule has 1 heterocycles. The molecule has 1 aromatic rings. The molecule has 5 nitrogen and oxygen atoms in total. The minimum Gasteiger partial charge on any atom is -0.469 e. The number of nitriles is 1. The lowest BCUT2D eigenvalue weighted by Gasteiger charge is -2.32. The van der Waals surface area contributed by atoms with Gasteiger partial charge in [0.25, 0.3) is 0 Å². The van der Waals surface area contributed by atoms with E-state index in [9.17, 15) is 9.90 Å². The Balaban J connectivity index is 1.93. The van der Waals surface area contributed by atoms with Crippen molar-refractivity contribution in [2.45, 2.75) is 18.9 Å². The first-order valence-electron chi connectivity index (χ1n) is 7.12. The van der Waals surface area contributed by atoms with Gasteiger partial charge in [-0.15, -0.1) is 0 Å². The van der Waals surface area contributed by atoms with E-state index >= 15 is 0 Å². The van der Waals surface area contributed by atoms with Crippen molar-refractivity contribution in [1.29, 1.82) is 5.26 Å². The minimum atomic E-state index is -0.617. The Morgan fingerprint density at radius 3 is 2.86 bits per heavy atom. The number of esters is 1. The first kappa shape index (κ1) is 15.5. The highest BCUT2D eigenvalue weighted by molar-refractivity contribution is 5.72. The third kappa shape index (κ3) is 4.03. The van der Waals surface area contributed by atoms with Crippen molar-refractivity contribution in [3.63, 3.8) is 0 Å². The monoisotopic (exact) mass is 288 g/mol. The molecule has 2 unspecified atom stereocenters. The Hall–Kier alpha value is -1.90. The van der Waals surface area contributed by atoms with Crippen LogP contribution in [0.5, 0.6) is 0 Å².